The molecule has 3 amide bonds. The quantitative estimate of drug-likeness (QED) is 0.322. The van der Waals surface area contributed by atoms with Crippen molar-refractivity contribution in [3.05, 3.63) is 108 Å². The highest BCUT2D eigenvalue weighted by Gasteiger charge is 2.45. The van der Waals surface area contributed by atoms with Crippen LogP contribution in [0.1, 0.15) is 68.1 Å². The minimum atomic E-state index is -0.721. The van der Waals surface area contributed by atoms with E-state index in [4.69, 9.17) is 0 Å². The maximum Gasteiger partial charge on any atom is 0.246 e. The van der Waals surface area contributed by atoms with Crippen LogP contribution in [-0.4, -0.2) is 72.3 Å². The molecule has 7 nitrogen and oxygen atoms in total. The van der Waals surface area contributed by atoms with Crippen LogP contribution < -0.4 is 10.6 Å². The topological polar surface area (TPSA) is 81.8 Å². The highest BCUT2D eigenvalue weighted by Crippen LogP contribution is 2.43. The molecule has 3 fully saturated rings. The molecule has 1 unspecified atom stereocenters. The van der Waals surface area contributed by atoms with Gasteiger partial charge in [-0.15, -0.1) is 0 Å². The van der Waals surface area contributed by atoms with E-state index in [0.717, 1.165) is 61.9 Å². The van der Waals surface area contributed by atoms with Crippen LogP contribution in [0.2, 0.25) is 0 Å². The average Bonchev–Trinajstić information content (AvgIpc) is 3.80. The van der Waals surface area contributed by atoms with Gasteiger partial charge in [0.25, 0.3) is 0 Å². The van der Waals surface area contributed by atoms with Gasteiger partial charge in [0, 0.05) is 26.1 Å². The van der Waals surface area contributed by atoms with Crippen LogP contribution in [0.4, 0.5) is 0 Å². The summed E-state index contributed by atoms with van der Waals surface area (Å²) in [5.41, 5.74) is 2.40. The SMILES string of the molecule is O=C(NCCC1CCNCC1)C1CCCN1C(=O)[C@@H]1CCCN1C(=O)CC(c1ccccc1)(c1ccccc1)c1ccccc1. The third kappa shape index (κ3) is 6.69. The molecule has 3 heterocycles. The van der Waals surface area contributed by atoms with Crippen molar-refractivity contribution in [2.45, 2.75) is 68.9 Å². The average molecular weight is 607 g/mol. The summed E-state index contributed by atoms with van der Waals surface area (Å²) in [7, 11) is 0. The molecule has 2 N–H and O–H groups in total. The Morgan fingerprint density at radius 2 is 1.20 bits per heavy atom. The molecule has 3 saturated heterocycles. The molecule has 0 spiro atoms. The summed E-state index contributed by atoms with van der Waals surface area (Å²) in [6.07, 6.45) is 6.35. The van der Waals surface area contributed by atoms with Crippen molar-refractivity contribution < 1.29 is 14.4 Å². The minimum Gasteiger partial charge on any atom is -0.354 e. The first kappa shape index (κ1) is 31.0. The lowest BCUT2D eigenvalue weighted by molar-refractivity contribution is -0.146. The molecule has 3 aromatic carbocycles. The van der Waals surface area contributed by atoms with E-state index < -0.39 is 17.5 Å². The Kier molecular flexibility index (Phi) is 9.94. The fourth-order valence-electron chi connectivity index (χ4n) is 7.81. The number of amides is 3. The predicted octanol–water partition coefficient (Wildman–Crippen LogP) is 4.90. The maximum absolute atomic E-state index is 14.5. The summed E-state index contributed by atoms with van der Waals surface area (Å²) in [6.45, 7) is 3.85. The zero-order valence-electron chi connectivity index (χ0n) is 26.2. The first-order chi connectivity index (χ1) is 22.1. The summed E-state index contributed by atoms with van der Waals surface area (Å²) in [4.78, 5) is 45.5. The molecule has 0 radical (unpaired) electrons. The standard InChI is InChI=1S/C38H46N4O3/c43-35(28-38(30-12-4-1-5-13-30,31-14-6-2-7-15-31)32-16-8-3-9-17-32)41-26-11-19-34(41)37(45)42-27-10-18-33(42)36(44)40-25-22-29-20-23-39-24-21-29/h1-9,12-17,29,33-34,39H,10-11,18-28H2,(H,40,44)/t33?,34-/m0/s1. The van der Waals surface area contributed by atoms with Gasteiger partial charge >= 0.3 is 0 Å². The Bertz CT molecular complexity index is 1330. The minimum absolute atomic E-state index is 0.0374. The van der Waals surface area contributed by atoms with E-state index in [-0.39, 0.29) is 24.1 Å². The number of rotatable bonds is 10. The van der Waals surface area contributed by atoms with E-state index in [1.165, 1.54) is 0 Å². The van der Waals surface area contributed by atoms with Crippen molar-refractivity contribution in [1.82, 2.24) is 20.4 Å². The highest BCUT2D eigenvalue weighted by molar-refractivity contribution is 5.93. The zero-order chi connectivity index (χ0) is 31.1. The van der Waals surface area contributed by atoms with E-state index in [9.17, 15) is 14.4 Å². The summed E-state index contributed by atoms with van der Waals surface area (Å²) in [5.74, 6) is 0.466. The maximum atomic E-state index is 14.5. The molecule has 3 aliphatic rings. The van der Waals surface area contributed by atoms with Crippen molar-refractivity contribution in [3.63, 3.8) is 0 Å². The fraction of sp³-hybridized carbons (Fsp3) is 0.447. The number of hydrogen-bond donors (Lipinski definition) is 2. The number of benzene rings is 3. The molecule has 6 rings (SSSR count). The molecular weight excluding hydrogens is 560 g/mol. The number of hydrogen-bond acceptors (Lipinski definition) is 4. The van der Waals surface area contributed by atoms with Crippen LogP contribution in [0.15, 0.2) is 91.0 Å². The monoisotopic (exact) mass is 606 g/mol. The van der Waals surface area contributed by atoms with Gasteiger partial charge in [-0.05, 0) is 80.6 Å². The van der Waals surface area contributed by atoms with Crippen LogP contribution in [0.25, 0.3) is 0 Å². The van der Waals surface area contributed by atoms with Crippen LogP contribution in [-0.2, 0) is 19.8 Å². The van der Waals surface area contributed by atoms with Gasteiger partial charge in [-0.1, -0.05) is 91.0 Å². The molecule has 236 valence electrons. The summed E-state index contributed by atoms with van der Waals surface area (Å²) < 4.78 is 0. The van der Waals surface area contributed by atoms with Crippen molar-refractivity contribution >= 4 is 17.7 Å². The molecule has 0 aliphatic carbocycles. The second kappa shape index (κ2) is 14.4. The lowest BCUT2D eigenvalue weighted by Crippen LogP contribution is -2.53. The first-order valence-electron chi connectivity index (χ1n) is 16.8. The number of carbonyl (C=O) groups is 3. The van der Waals surface area contributed by atoms with Crippen LogP contribution in [0.5, 0.6) is 0 Å². The van der Waals surface area contributed by atoms with Gasteiger partial charge in [0.15, 0.2) is 0 Å². The van der Waals surface area contributed by atoms with Gasteiger partial charge in [0.1, 0.15) is 12.1 Å². The molecule has 0 aromatic heterocycles. The van der Waals surface area contributed by atoms with Gasteiger partial charge < -0.3 is 20.4 Å². The van der Waals surface area contributed by atoms with Gasteiger partial charge in [0.2, 0.25) is 17.7 Å². The van der Waals surface area contributed by atoms with Gasteiger partial charge in [-0.2, -0.15) is 0 Å². The van der Waals surface area contributed by atoms with Crippen molar-refractivity contribution in [2.75, 3.05) is 32.7 Å². The summed E-state index contributed by atoms with van der Waals surface area (Å²) >= 11 is 0. The number of nitrogens with one attached hydrogen (secondary N) is 2. The van der Waals surface area contributed by atoms with Gasteiger partial charge in [-0.3, -0.25) is 14.4 Å². The zero-order valence-corrected chi connectivity index (χ0v) is 26.2. The van der Waals surface area contributed by atoms with Crippen molar-refractivity contribution in [3.8, 4) is 0 Å². The molecule has 0 saturated carbocycles. The lowest BCUT2D eigenvalue weighted by atomic mass is 9.67. The van der Waals surface area contributed by atoms with Crippen LogP contribution in [0.3, 0.4) is 0 Å². The third-order valence-electron chi connectivity index (χ3n) is 10.2. The molecule has 3 aliphatic heterocycles. The number of likely N-dealkylation sites (tertiary alicyclic amines) is 2. The Balaban J connectivity index is 1.21. The second-order valence-electron chi connectivity index (χ2n) is 12.9. The van der Waals surface area contributed by atoms with Crippen molar-refractivity contribution in [1.29, 1.82) is 0 Å². The van der Waals surface area contributed by atoms with Crippen LogP contribution in [0, 0.1) is 5.92 Å². The van der Waals surface area contributed by atoms with E-state index >= 15 is 0 Å². The smallest absolute Gasteiger partial charge is 0.246 e. The lowest BCUT2D eigenvalue weighted by Gasteiger charge is -2.38. The molecular formula is C38H46N4O3. The molecule has 0 bridgehead atoms. The van der Waals surface area contributed by atoms with E-state index in [2.05, 4.69) is 47.0 Å². The number of nitrogens with zero attached hydrogens (tertiary/aromatic N) is 2. The largest absolute Gasteiger partial charge is 0.354 e. The molecule has 7 heteroatoms. The highest BCUT2D eigenvalue weighted by atomic mass is 16.2. The molecule has 45 heavy (non-hydrogen) atoms. The Labute approximate surface area is 267 Å². The molecule has 2 atom stereocenters. The fourth-order valence-corrected chi connectivity index (χ4v) is 7.81. The Morgan fingerprint density at radius 3 is 1.76 bits per heavy atom. The van der Waals surface area contributed by atoms with Crippen LogP contribution >= 0.6 is 0 Å². The van der Waals surface area contributed by atoms with E-state index in [1.807, 2.05) is 54.6 Å². The summed E-state index contributed by atoms with van der Waals surface area (Å²) in [6, 6.07) is 29.7. The number of carbonyl (C=O) groups excluding carboxylic acids is 3. The normalized spacial score (nSPS) is 20.7. The number of piperidine rings is 1. The Morgan fingerprint density at radius 1 is 0.689 bits per heavy atom. The first-order valence-corrected chi connectivity index (χ1v) is 16.8. The third-order valence-corrected chi connectivity index (χ3v) is 10.2. The Hall–Kier alpha value is -3.97. The van der Waals surface area contributed by atoms with Gasteiger partial charge in [-0.25, -0.2) is 0 Å². The molecule has 3 aromatic rings. The predicted molar refractivity (Wildman–Crippen MR) is 177 cm³/mol. The summed E-state index contributed by atoms with van der Waals surface area (Å²) in [5, 5.41) is 6.53. The second-order valence-corrected chi connectivity index (χ2v) is 12.9. The van der Waals surface area contributed by atoms with Crippen molar-refractivity contribution in [2.24, 2.45) is 5.92 Å². The van der Waals surface area contributed by atoms with E-state index in [0.29, 0.717) is 38.4 Å². The van der Waals surface area contributed by atoms with E-state index in [1.54, 1.807) is 9.80 Å². The van der Waals surface area contributed by atoms with Gasteiger partial charge in [0.05, 0.1) is 5.41 Å².